The minimum absolute atomic E-state index is 0.197. The van der Waals surface area contributed by atoms with Gasteiger partial charge in [0.15, 0.2) is 0 Å². The number of benzene rings is 2. The van der Waals surface area contributed by atoms with E-state index >= 15 is 0 Å². The maximum Gasteiger partial charge on any atom is 0.312 e. The molecule has 3 rings (SSSR count). The molecule has 0 aliphatic heterocycles. The fourth-order valence-electron chi connectivity index (χ4n) is 3.01. The normalized spacial score (nSPS) is 14.0. The van der Waals surface area contributed by atoms with Crippen LogP contribution in [0, 0.1) is 0 Å². The first-order chi connectivity index (χ1) is 12.6. The highest BCUT2D eigenvalue weighted by atomic mass is 16.5. The molecule has 3 amide bonds. The topological polar surface area (TPSA) is 93.5 Å². The number of nitrogens with two attached hydrogens (primary N) is 1. The van der Waals surface area contributed by atoms with Crippen molar-refractivity contribution in [1.29, 1.82) is 0 Å². The molecule has 0 spiro atoms. The van der Waals surface area contributed by atoms with Gasteiger partial charge in [-0.05, 0) is 55.5 Å². The van der Waals surface area contributed by atoms with Gasteiger partial charge in [-0.1, -0.05) is 18.2 Å². The largest absolute Gasteiger partial charge is 0.490 e. The van der Waals surface area contributed by atoms with Crippen molar-refractivity contribution < 1.29 is 14.3 Å². The van der Waals surface area contributed by atoms with Gasteiger partial charge in [-0.15, -0.1) is 0 Å². The van der Waals surface area contributed by atoms with Gasteiger partial charge < -0.3 is 21.1 Å². The maximum atomic E-state index is 12.4. The molecule has 6 heteroatoms. The summed E-state index contributed by atoms with van der Waals surface area (Å²) in [6, 6.07) is 13.9. The molecule has 136 valence electrons. The van der Waals surface area contributed by atoms with E-state index in [4.69, 9.17) is 10.5 Å². The Morgan fingerprint density at radius 3 is 2.50 bits per heavy atom. The molecule has 0 atom stereocenters. The first kappa shape index (κ1) is 17.8. The monoisotopic (exact) mass is 353 g/mol. The average molecular weight is 353 g/mol. The summed E-state index contributed by atoms with van der Waals surface area (Å²) in [4.78, 5) is 23.1. The molecular formula is C20H23N3O3. The fraction of sp³-hybridized carbons (Fsp3) is 0.300. The van der Waals surface area contributed by atoms with Gasteiger partial charge in [0.1, 0.15) is 5.75 Å². The Balaban J connectivity index is 1.59. The van der Waals surface area contributed by atoms with Crippen LogP contribution < -0.4 is 21.1 Å². The van der Waals surface area contributed by atoms with Crippen LogP contribution in [-0.4, -0.2) is 18.0 Å². The molecule has 0 saturated heterocycles. The van der Waals surface area contributed by atoms with E-state index in [2.05, 4.69) is 10.6 Å². The first-order valence-electron chi connectivity index (χ1n) is 8.80. The highest BCUT2D eigenvalue weighted by Gasteiger charge is 2.16. The quantitative estimate of drug-likeness (QED) is 0.743. The molecule has 1 aliphatic rings. The van der Waals surface area contributed by atoms with Crippen molar-refractivity contribution >= 4 is 17.6 Å². The van der Waals surface area contributed by atoms with Gasteiger partial charge in [-0.3, -0.25) is 4.79 Å². The molecule has 4 N–H and O–H groups in total. The minimum atomic E-state index is -0.577. The molecule has 1 aliphatic carbocycles. The molecule has 6 nitrogen and oxygen atoms in total. The summed E-state index contributed by atoms with van der Waals surface area (Å²) in [5, 5.41) is 5.39. The predicted octanol–water partition coefficient (Wildman–Crippen LogP) is 3.43. The Labute approximate surface area is 152 Å². The second kappa shape index (κ2) is 8.38. The van der Waals surface area contributed by atoms with Crippen LogP contribution in [0.15, 0.2) is 48.5 Å². The number of anilines is 1. The molecule has 0 bridgehead atoms. The molecule has 26 heavy (non-hydrogen) atoms. The number of hydrogen-bond donors (Lipinski definition) is 3. The van der Waals surface area contributed by atoms with E-state index < -0.39 is 6.03 Å². The zero-order valence-electron chi connectivity index (χ0n) is 14.5. The molecule has 2 aromatic rings. The number of amides is 3. The summed E-state index contributed by atoms with van der Waals surface area (Å²) < 4.78 is 5.97. The van der Waals surface area contributed by atoms with Crippen molar-refractivity contribution in [3.05, 3.63) is 59.7 Å². The van der Waals surface area contributed by atoms with E-state index in [0.717, 1.165) is 24.2 Å². The standard InChI is InChI=1S/C20H23N3O3/c21-20(25)22-13-14-8-10-15(11-9-14)19(24)23-16-4-3-7-18(12-16)26-17-5-1-2-6-17/h3-4,7-12,17H,1-2,5-6,13H2,(H,23,24)(H3,21,22,25). The number of rotatable bonds is 6. The van der Waals surface area contributed by atoms with Gasteiger partial charge in [0.2, 0.25) is 0 Å². The van der Waals surface area contributed by atoms with Gasteiger partial charge in [0.25, 0.3) is 5.91 Å². The zero-order chi connectivity index (χ0) is 18.4. The highest BCUT2D eigenvalue weighted by Crippen LogP contribution is 2.26. The van der Waals surface area contributed by atoms with E-state index in [1.165, 1.54) is 12.8 Å². The van der Waals surface area contributed by atoms with Gasteiger partial charge in [0, 0.05) is 23.9 Å². The predicted molar refractivity (Wildman–Crippen MR) is 100 cm³/mol. The zero-order valence-corrected chi connectivity index (χ0v) is 14.5. The molecule has 0 aromatic heterocycles. The lowest BCUT2D eigenvalue weighted by atomic mass is 10.1. The molecule has 1 saturated carbocycles. The third kappa shape index (κ3) is 4.99. The Bertz CT molecular complexity index is 768. The van der Waals surface area contributed by atoms with Crippen molar-refractivity contribution in [3.8, 4) is 5.75 Å². The van der Waals surface area contributed by atoms with Gasteiger partial charge in [-0.25, -0.2) is 4.79 Å². The van der Waals surface area contributed by atoms with Gasteiger partial charge in [0.05, 0.1) is 6.10 Å². The van der Waals surface area contributed by atoms with E-state index in [1.807, 2.05) is 24.3 Å². The summed E-state index contributed by atoms with van der Waals surface area (Å²) in [5.74, 6) is 0.583. The Hall–Kier alpha value is -3.02. The lowest BCUT2D eigenvalue weighted by Gasteiger charge is -2.14. The molecule has 2 aromatic carbocycles. The SMILES string of the molecule is NC(=O)NCc1ccc(C(=O)Nc2cccc(OC3CCCC3)c2)cc1. The van der Waals surface area contributed by atoms with E-state index in [1.54, 1.807) is 24.3 Å². The van der Waals surface area contributed by atoms with Crippen molar-refractivity contribution in [2.24, 2.45) is 5.73 Å². The minimum Gasteiger partial charge on any atom is -0.490 e. The first-order valence-corrected chi connectivity index (χ1v) is 8.80. The fourth-order valence-corrected chi connectivity index (χ4v) is 3.01. The van der Waals surface area contributed by atoms with Crippen LogP contribution in [0.1, 0.15) is 41.6 Å². The maximum absolute atomic E-state index is 12.4. The summed E-state index contributed by atoms with van der Waals surface area (Å²) in [6.45, 7) is 0.331. The van der Waals surface area contributed by atoms with Crippen LogP contribution in [0.2, 0.25) is 0 Å². The van der Waals surface area contributed by atoms with E-state index in [0.29, 0.717) is 17.8 Å². The van der Waals surface area contributed by atoms with Crippen LogP contribution in [0.3, 0.4) is 0 Å². The third-order valence-corrected chi connectivity index (χ3v) is 4.38. The number of carbonyl (C=O) groups is 2. The van der Waals surface area contributed by atoms with Crippen molar-refractivity contribution in [2.45, 2.75) is 38.3 Å². The van der Waals surface area contributed by atoms with Crippen LogP contribution in [0.5, 0.6) is 5.75 Å². The molecule has 0 unspecified atom stereocenters. The smallest absolute Gasteiger partial charge is 0.312 e. The van der Waals surface area contributed by atoms with E-state index in [-0.39, 0.29) is 12.0 Å². The van der Waals surface area contributed by atoms with Crippen LogP contribution >= 0.6 is 0 Å². The Morgan fingerprint density at radius 2 is 1.81 bits per heavy atom. The summed E-state index contributed by atoms with van der Waals surface area (Å²) in [5.41, 5.74) is 7.15. The van der Waals surface area contributed by atoms with Gasteiger partial charge in [-0.2, -0.15) is 0 Å². The second-order valence-corrected chi connectivity index (χ2v) is 6.42. The lowest BCUT2D eigenvalue weighted by molar-refractivity contribution is 0.102. The van der Waals surface area contributed by atoms with E-state index in [9.17, 15) is 9.59 Å². The summed E-state index contributed by atoms with van der Waals surface area (Å²) >= 11 is 0. The number of ether oxygens (including phenoxy) is 1. The second-order valence-electron chi connectivity index (χ2n) is 6.42. The van der Waals surface area contributed by atoms with Crippen LogP contribution in [0.25, 0.3) is 0 Å². The summed E-state index contributed by atoms with van der Waals surface area (Å²) in [7, 11) is 0. The van der Waals surface area contributed by atoms with Crippen LogP contribution in [-0.2, 0) is 6.54 Å². The van der Waals surface area contributed by atoms with Gasteiger partial charge >= 0.3 is 6.03 Å². The number of primary amides is 1. The molecule has 0 radical (unpaired) electrons. The summed E-state index contributed by atoms with van der Waals surface area (Å²) in [6.07, 6.45) is 4.89. The lowest BCUT2D eigenvalue weighted by Crippen LogP contribution is -2.28. The Morgan fingerprint density at radius 1 is 1.08 bits per heavy atom. The number of nitrogens with one attached hydrogen (secondary N) is 2. The highest BCUT2D eigenvalue weighted by molar-refractivity contribution is 6.04. The molecule has 0 heterocycles. The van der Waals surface area contributed by atoms with Crippen LogP contribution in [0.4, 0.5) is 10.5 Å². The number of hydrogen-bond acceptors (Lipinski definition) is 3. The number of urea groups is 1. The average Bonchev–Trinajstić information content (AvgIpc) is 3.13. The van der Waals surface area contributed by atoms with Crippen molar-refractivity contribution in [1.82, 2.24) is 5.32 Å². The molecular weight excluding hydrogens is 330 g/mol. The third-order valence-electron chi connectivity index (χ3n) is 4.38. The molecule has 1 fully saturated rings. The number of carbonyl (C=O) groups excluding carboxylic acids is 2. The van der Waals surface area contributed by atoms with Crippen molar-refractivity contribution in [3.63, 3.8) is 0 Å². The Kier molecular flexibility index (Phi) is 5.73. The van der Waals surface area contributed by atoms with Crippen molar-refractivity contribution in [2.75, 3.05) is 5.32 Å².